The molecule has 0 aliphatic carbocycles. The molecule has 0 unspecified atom stereocenters. The number of nitro groups is 1. The first kappa shape index (κ1) is 19.2. The second kappa shape index (κ2) is 8.87. The van der Waals surface area contributed by atoms with Gasteiger partial charge in [-0.2, -0.15) is 0 Å². The van der Waals surface area contributed by atoms with Crippen LogP contribution < -0.4 is 15.4 Å². The largest absolute Gasteiger partial charge is 0.439 e. The van der Waals surface area contributed by atoms with Crippen molar-refractivity contribution in [3.63, 3.8) is 0 Å². The first-order valence-electron chi connectivity index (χ1n) is 8.18. The van der Waals surface area contributed by atoms with E-state index in [0.717, 1.165) is 5.56 Å². The summed E-state index contributed by atoms with van der Waals surface area (Å²) in [6, 6.07) is 15.2. The first-order chi connectivity index (χ1) is 13.5. The highest BCUT2D eigenvalue weighted by Gasteiger charge is 2.08. The number of pyridine rings is 1. The number of nitrogens with one attached hydrogen (secondary N) is 2. The monoisotopic (exact) mass is 398 g/mol. The summed E-state index contributed by atoms with van der Waals surface area (Å²) in [5.74, 6) is 0.270. The Kier molecular flexibility index (Phi) is 6.07. The van der Waals surface area contributed by atoms with E-state index in [1.54, 1.807) is 36.5 Å². The number of rotatable bonds is 6. The van der Waals surface area contributed by atoms with Gasteiger partial charge in [-0.15, -0.1) is 0 Å². The van der Waals surface area contributed by atoms with E-state index in [1.165, 1.54) is 24.3 Å². The highest BCUT2D eigenvalue weighted by Crippen LogP contribution is 2.23. The molecule has 7 nitrogen and oxygen atoms in total. The SMILES string of the molecule is O=[N+]([O-])c1ccc(NC(=S)NCc2cccnc2Oc2cccc(F)c2)cc1. The normalized spacial score (nSPS) is 10.2. The van der Waals surface area contributed by atoms with Crippen molar-refractivity contribution in [1.29, 1.82) is 0 Å². The number of nitrogens with zero attached hydrogens (tertiary/aromatic N) is 2. The molecule has 3 aromatic rings. The molecule has 0 radical (unpaired) electrons. The Morgan fingerprint density at radius 1 is 1.18 bits per heavy atom. The number of nitro benzene ring substituents is 1. The summed E-state index contributed by atoms with van der Waals surface area (Å²) in [6.07, 6.45) is 1.57. The molecule has 0 saturated heterocycles. The van der Waals surface area contributed by atoms with Crippen LogP contribution in [0.25, 0.3) is 0 Å². The Labute approximate surface area is 165 Å². The molecule has 2 N–H and O–H groups in total. The van der Waals surface area contributed by atoms with Gasteiger partial charge < -0.3 is 15.4 Å². The van der Waals surface area contributed by atoms with Crippen LogP contribution in [0.1, 0.15) is 5.56 Å². The molecule has 2 aromatic carbocycles. The van der Waals surface area contributed by atoms with E-state index in [-0.39, 0.29) is 5.69 Å². The Hall–Kier alpha value is -3.59. The number of hydrogen-bond acceptors (Lipinski definition) is 5. The number of aromatic nitrogens is 1. The number of anilines is 1. The third-order valence-electron chi connectivity index (χ3n) is 3.64. The smallest absolute Gasteiger partial charge is 0.269 e. The van der Waals surface area contributed by atoms with Crippen LogP contribution in [0.5, 0.6) is 11.6 Å². The third-order valence-corrected chi connectivity index (χ3v) is 3.88. The number of non-ortho nitro benzene ring substituents is 1. The van der Waals surface area contributed by atoms with Gasteiger partial charge in [0.05, 0.1) is 4.92 Å². The van der Waals surface area contributed by atoms with Crippen LogP contribution in [0.15, 0.2) is 66.9 Å². The van der Waals surface area contributed by atoms with E-state index >= 15 is 0 Å². The maximum atomic E-state index is 13.3. The van der Waals surface area contributed by atoms with Crippen LogP contribution >= 0.6 is 12.2 Å². The van der Waals surface area contributed by atoms with Crippen LogP contribution in [0.2, 0.25) is 0 Å². The van der Waals surface area contributed by atoms with Crippen molar-refractivity contribution in [3.05, 3.63) is 88.4 Å². The summed E-state index contributed by atoms with van der Waals surface area (Å²) in [7, 11) is 0. The lowest BCUT2D eigenvalue weighted by molar-refractivity contribution is -0.384. The molecule has 9 heteroatoms. The molecule has 0 spiro atoms. The van der Waals surface area contributed by atoms with Gasteiger partial charge in [-0.1, -0.05) is 12.1 Å². The van der Waals surface area contributed by atoms with Gasteiger partial charge >= 0.3 is 0 Å². The summed E-state index contributed by atoms with van der Waals surface area (Å²) < 4.78 is 19.0. The van der Waals surface area contributed by atoms with Gasteiger partial charge in [0.1, 0.15) is 11.6 Å². The van der Waals surface area contributed by atoms with E-state index < -0.39 is 10.7 Å². The standard InChI is InChI=1S/C19H15FN4O3S/c20-14-4-1-5-17(11-14)27-18-13(3-2-10-21-18)12-22-19(28)23-15-6-8-16(9-7-15)24(25)26/h1-11H,12H2,(H2,22,23,28). The lowest BCUT2D eigenvalue weighted by Crippen LogP contribution is -2.28. The van der Waals surface area contributed by atoms with Crippen molar-refractivity contribution in [2.75, 3.05) is 5.32 Å². The van der Waals surface area contributed by atoms with Crippen LogP contribution in [-0.2, 0) is 6.54 Å². The lowest BCUT2D eigenvalue weighted by atomic mass is 10.2. The molecule has 0 bridgehead atoms. The Morgan fingerprint density at radius 3 is 2.68 bits per heavy atom. The summed E-state index contributed by atoms with van der Waals surface area (Å²) in [6.45, 7) is 0.317. The van der Waals surface area contributed by atoms with Crippen LogP contribution in [0, 0.1) is 15.9 Å². The van der Waals surface area contributed by atoms with Crippen molar-refractivity contribution in [3.8, 4) is 11.6 Å². The Balaban J connectivity index is 1.61. The van der Waals surface area contributed by atoms with Crippen molar-refractivity contribution in [1.82, 2.24) is 10.3 Å². The van der Waals surface area contributed by atoms with E-state index in [0.29, 0.717) is 29.0 Å². The van der Waals surface area contributed by atoms with Crippen molar-refractivity contribution >= 4 is 28.7 Å². The van der Waals surface area contributed by atoms with Crippen LogP contribution in [0.4, 0.5) is 15.8 Å². The average molecular weight is 398 g/mol. The topological polar surface area (TPSA) is 89.3 Å². The fourth-order valence-corrected chi connectivity index (χ4v) is 2.50. The Bertz CT molecular complexity index is 998. The maximum absolute atomic E-state index is 13.3. The van der Waals surface area contributed by atoms with Gasteiger partial charge in [-0.05, 0) is 42.5 Å². The van der Waals surface area contributed by atoms with Gasteiger partial charge in [0, 0.05) is 42.2 Å². The molecule has 0 aliphatic rings. The summed E-state index contributed by atoms with van der Waals surface area (Å²) in [5, 5.41) is 17.0. The summed E-state index contributed by atoms with van der Waals surface area (Å²) >= 11 is 5.24. The van der Waals surface area contributed by atoms with Crippen LogP contribution in [0.3, 0.4) is 0 Å². The predicted molar refractivity (Wildman–Crippen MR) is 107 cm³/mol. The molecule has 0 saturated carbocycles. The maximum Gasteiger partial charge on any atom is 0.269 e. The molecule has 142 valence electrons. The highest BCUT2D eigenvalue weighted by molar-refractivity contribution is 7.80. The second-order valence-electron chi connectivity index (χ2n) is 5.64. The summed E-state index contributed by atoms with van der Waals surface area (Å²) in [4.78, 5) is 14.4. The first-order valence-corrected chi connectivity index (χ1v) is 8.59. The van der Waals surface area contributed by atoms with E-state index in [2.05, 4.69) is 15.6 Å². The molecule has 0 atom stereocenters. The van der Waals surface area contributed by atoms with Crippen molar-refractivity contribution in [2.45, 2.75) is 6.54 Å². The second-order valence-corrected chi connectivity index (χ2v) is 6.05. The minimum atomic E-state index is -0.469. The zero-order valence-corrected chi connectivity index (χ0v) is 15.3. The zero-order chi connectivity index (χ0) is 19.9. The fourth-order valence-electron chi connectivity index (χ4n) is 2.31. The number of hydrogen-bond donors (Lipinski definition) is 2. The van der Waals surface area contributed by atoms with Crippen molar-refractivity contribution < 1.29 is 14.1 Å². The van der Waals surface area contributed by atoms with Gasteiger partial charge in [0.15, 0.2) is 5.11 Å². The third kappa shape index (κ3) is 5.21. The van der Waals surface area contributed by atoms with E-state index in [4.69, 9.17) is 17.0 Å². The predicted octanol–water partition coefficient (Wildman–Crippen LogP) is 4.41. The average Bonchev–Trinajstić information content (AvgIpc) is 2.68. The van der Waals surface area contributed by atoms with Crippen LogP contribution in [-0.4, -0.2) is 15.0 Å². The number of thiocarbonyl (C=S) groups is 1. The number of halogens is 1. The van der Waals surface area contributed by atoms with Crippen molar-refractivity contribution in [2.24, 2.45) is 0 Å². The quantitative estimate of drug-likeness (QED) is 0.361. The number of benzene rings is 2. The van der Waals surface area contributed by atoms with Gasteiger partial charge in [0.25, 0.3) is 5.69 Å². The van der Waals surface area contributed by atoms with Gasteiger partial charge in [-0.3, -0.25) is 10.1 Å². The number of ether oxygens (including phenoxy) is 1. The molecule has 28 heavy (non-hydrogen) atoms. The molecule has 1 aromatic heterocycles. The molecule has 0 aliphatic heterocycles. The van der Waals surface area contributed by atoms with E-state index in [9.17, 15) is 14.5 Å². The lowest BCUT2D eigenvalue weighted by Gasteiger charge is -2.13. The zero-order valence-electron chi connectivity index (χ0n) is 14.5. The fraction of sp³-hybridized carbons (Fsp3) is 0.0526. The minimum Gasteiger partial charge on any atom is -0.439 e. The molecule has 0 amide bonds. The molecule has 3 rings (SSSR count). The molecule has 0 fully saturated rings. The van der Waals surface area contributed by atoms with Gasteiger partial charge in [0.2, 0.25) is 5.88 Å². The van der Waals surface area contributed by atoms with E-state index in [1.807, 2.05) is 6.07 Å². The summed E-state index contributed by atoms with van der Waals surface area (Å²) in [5.41, 5.74) is 1.34. The molecular formula is C19H15FN4O3S. The van der Waals surface area contributed by atoms with Gasteiger partial charge in [-0.25, -0.2) is 9.37 Å². The highest BCUT2D eigenvalue weighted by atomic mass is 32.1. The minimum absolute atomic E-state index is 0.000994. The molecular weight excluding hydrogens is 383 g/mol. The molecule has 1 heterocycles. The Morgan fingerprint density at radius 2 is 1.96 bits per heavy atom.